The van der Waals surface area contributed by atoms with Crippen molar-refractivity contribution in [1.29, 1.82) is 0 Å². The fraction of sp³-hybridized carbons (Fsp3) is 0.733. The first-order valence-electron chi connectivity index (χ1n) is 7.27. The predicted molar refractivity (Wildman–Crippen MR) is 79.5 cm³/mol. The zero-order chi connectivity index (χ0) is 13.3. The van der Waals surface area contributed by atoms with Crippen molar-refractivity contribution in [2.24, 2.45) is 0 Å². The van der Waals surface area contributed by atoms with Gasteiger partial charge in [0, 0.05) is 41.0 Å². The summed E-state index contributed by atoms with van der Waals surface area (Å²) in [5.74, 6) is 0. The van der Waals surface area contributed by atoms with Crippen molar-refractivity contribution >= 4 is 11.3 Å². The molecule has 1 N–H and O–H groups in total. The maximum absolute atomic E-state index is 5.58. The number of rotatable bonds is 5. The Labute approximate surface area is 119 Å². The van der Waals surface area contributed by atoms with E-state index in [0.717, 1.165) is 38.9 Å². The minimum atomic E-state index is 0.161. The van der Waals surface area contributed by atoms with Crippen LogP contribution in [0.25, 0.3) is 0 Å². The third-order valence-electron chi connectivity index (χ3n) is 4.02. The molecule has 0 spiro atoms. The van der Waals surface area contributed by atoms with Gasteiger partial charge in [0.1, 0.15) is 0 Å². The maximum Gasteiger partial charge on any atom is 0.0645 e. The molecule has 2 heterocycles. The van der Waals surface area contributed by atoms with Gasteiger partial charge in [-0.3, -0.25) is 4.90 Å². The number of nitrogens with zero attached hydrogens (tertiary/aromatic N) is 1. The minimum absolute atomic E-state index is 0.161. The van der Waals surface area contributed by atoms with E-state index in [0.29, 0.717) is 0 Å². The molecule has 1 saturated heterocycles. The Hall–Kier alpha value is -0.420. The van der Waals surface area contributed by atoms with E-state index in [2.05, 4.69) is 36.2 Å². The van der Waals surface area contributed by atoms with E-state index in [-0.39, 0.29) is 5.54 Å². The largest absolute Gasteiger partial charge is 0.378 e. The van der Waals surface area contributed by atoms with Gasteiger partial charge in [-0.25, -0.2) is 0 Å². The summed E-state index contributed by atoms with van der Waals surface area (Å²) in [6.07, 6.45) is 2.72. The van der Waals surface area contributed by atoms with Crippen molar-refractivity contribution in [3.63, 3.8) is 0 Å². The van der Waals surface area contributed by atoms with Crippen molar-refractivity contribution in [1.82, 2.24) is 10.2 Å². The third-order valence-corrected chi connectivity index (χ3v) is 5.09. The Balaban J connectivity index is 1.56. The lowest BCUT2D eigenvalue weighted by Gasteiger charge is -2.41. The van der Waals surface area contributed by atoms with Crippen LogP contribution >= 0.6 is 11.3 Å². The van der Waals surface area contributed by atoms with Crippen LogP contribution in [0.1, 0.15) is 36.4 Å². The Kier molecular flexibility index (Phi) is 3.94. The normalized spacial score (nSPS) is 23.7. The van der Waals surface area contributed by atoms with Gasteiger partial charge in [0.25, 0.3) is 0 Å². The Morgan fingerprint density at radius 1 is 1.37 bits per heavy atom. The molecule has 3 nitrogen and oxygen atoms in total. The van der Waals surface area contributed by atoms with E-state index >= 15 is 0 Å². The molecule has 106 valence electrons. The average molecular weight is 280 g/mol. The number of morpholine rings is 1. The second-order valence-corrected chi connectivity index (χ2v) is 7.56. The second kappa shape index (κ2) is 5.52. The van der Waals surface area contributed by atoms with Crippen LogP contribution in [0.15, 0.2) is 12.1 Å². The van der Waals surface area contributed by atoms with Crippen LogP contribution in [0.3, 0.4) is 0 Å². The SMILES string of the molecule is CC1(C)COCCN1Cc1ccc(CNC2CC2)s1. The summed E-state index contributed by atoms with van der Waals surface area (Å²) in [6.45, 7) is 9.40. The first-order valence-corrected chi connectivity index (χ1v) is 8.09. The molecule has 4 heteroatoms. The van der Waals surface area contributed by atoms with Crippen LogP contribution in [-0.4, -0.2) is 36.2 Å². The molecule has 0 radical (unpaired) electrons. The molecule has 0 unspecified atom stereocenters. The Morgan fingerprint density at radius 3 is 2.89 bits per heavy atom. The minimum Gasteiger partial charge on any atom is -0.378 e. The van der Waals surface area contributed by atoms with Crippen LogP contribution in [0.5, 0.6) is 0 Å². The van der Waals surface area contributed by atoms with Gasteiger partial charge in [-0.05, 0) is 38.8 Å². The molecule has 19 heavy (non-hydrogen) atoms. The monoisotopic (exact) mass is 280 g/mol. The van der Waals surface area contributed by atoms with Gasteiger partial charge in [-0.1, -0.05) is 0 Å². The highest BCUT2D eigenvalue weighted by molar-refractivity contribution is 7.11. The lowest BCUT2D eigenvalue weighted by atomic mass is 10.0. The second-order valence-electron chi connectivity index (χ2n) is 6.31. The van der Waals surface area contributed by atoms with Crippen LogP contribution in [0.4, 0.5) is 0 Å². The van der Waals surface area contributed by atoms with Crippen molar-refractivity contribution in [3.05, 3.63) is 21.9 Å². The van der Waals surface area contributed by atoms with E-state index in [1.54, 1.807) is 0 Å². The summed E-state index contributed by atoms with van der Waals surface area (Å²) >= 11 is 1.95. The van der Waals surface area contributed by atoms with Gasteiger partial charge in [0.2, 0.25) is 0 Å². The summed E-state index contributed by atoms with van der Waals surface area (Å²) in [5, 5.41) is 3.58. The summed E-state index contributed by atoms with van der Waals surface area (Å²) in [6, 6.07) is 5.37. The van der Waals surface area contributed by atoms with Crippen LogP contribution in [0, 0.1) is 0 Å². The van der Waals surface area contributed by atoms with Gasteiger partial charge >= 0.3 is 0 Å². The summed E-state index contributed by atoms with van der Waals surface area (Å²) in [5.41, 5.74) is 0.161. The first kappa shape index (κ1) is 13.6. The number of nitrogens with one attached hydrogen (secondary N) is 1. The van der Waals surface area contributed by atoms with Crippen LogP contribution in [-0.2, 0) is 17.8 Å². The fourth-order valence-electron chi connectivity index (χ4n) is 2.51. The first-order chi connectivity index (χ1) is 9.13. The number of thiophene rings is 1. The number of hydrogen-bond acceptors (Lipinski definition) is 4. The lowest BCUT2D eigenvalue weighted by Crippen LogP contribution is -2.52. The molecule has 1 aliphatic heterocycles. The van der Waals surface area contributed by atoms with E-state index in [1.807, 2.05) is 11.3 Å². The van der Waals surface area contributed by atoms with Crippen LogP contribution < -0.4 is 5.32 Å². The molecule has 1 aromatic rings. The predicted octanol–water partition coefficient (Wildman–Crippen LogP) is 2.61. The van der Waals surface area contributed by atoms with Gasteiger partial charge in [0.15, 0.2) is 0 Å². The standard InChI is InChI=1S/C15H24N2OS/c1-15(2)11-18-8-7-17(15)10-14-6-5-13(19-14)9-16-12-3-4-12/h5-6,12,16H,3-4,7-11H2,1-2H3. The summed E-state index contributed by atoms with van der Waals surface area (Å²) < 4.78 is 5.58. The zero-order valence-corrected chi connectivity index (χ0v) is 12.8. The van der Waals surface area contributed by atoms with Crippen molar-refractivity contribution in [3.8, 4) is 0 Å². The van der Waals surface area contributed by atoms with Crippen molar-refractivity contribution < 1.29 is 4.74 Å². The molecular formula is C15H24N2OS. The molecule has 2 aliphatic rings. The topological polar surface area (TPSA) is 24.5 Å². The molecule has 0 aromatic carbocycles. The van der Waals surface area contributed by atoms with Gasteiger partial charge in [0.05, 0.1) is 13.2 Å². The third kappa shape index (κ3) is 3.57. The van der Waals surface area contributed by atoms with Gasteiger partial charge in [-0.15, -0.1) is 11.3 Å². The van der Waals surface area contributed by atoms with E-state index < -0.39 is 0 Å². The highest BCUT2D eigenvalue weighted by atomic mass is 32.1. The van der Waals surface area contributed by atoms with Crippen molar-refractivity contribution in [2.45, 2.75) is 51.4 Å². The molecule has 1 aromatic heterocycles. The fourth-order valence-corrected chi connectivity index (χ4v) is 3.49. The highest BCUT2D eigenvalue weighted by Crippen LogP contribution is 2.26. The van der Waals surface area contributed by atoms with Gasteiger partial charge in [-0.2, -0.15) is 0 Å². The highest BCUT2D eigenvalue weighted by Gasteiger charge is 2.30. The molecule has 2 fully saturated rings. The molecule has 3 rings (SSSR count). The number of ether oxygens (including phenoxy) is 1. The van der Waals surface area contributed by atoms with E-state index in [9.17, 15) is 0 Å². The van der Waals surface area contributed by atoms with Crippen molar-refractivity contribution in [2.75, 3.05) is 19.8 Å². The Morgan fingerprint density at radius 2 is 2.16 bits per heavy atom. The maximum atomic E-state index is 5.58. The smallest absolute Gasteiger partial charge is 0.0645 e. The van der Waals surface area contributed by atoms with E-state index in [4.69, 9.17) is 4.74 Å². The van der Waals surface area contributed by atoms with E-state index in [1.165, 1.54) is 22.6 Å². The summed E-state index contributed by atoms with van der Waals surface area (Å²) in [7, 11) is 0. The summed E-state index contributed by atoms with van der Waals surface area (Å²) in [4.78, 5) is 5.48. The van der Waals surface area contributed by atoms with Gasteiger partial charge < -0.3 is 10.1 Å². The molecule has 0 amide bonds. The molecule has 0 bridgehead atoms. The number of hydrogen-bond donors (Lipinski definition) is 1. The molecule has 1 saturated carbocycles. The van der Waals surface area contributed by atoms with Crippen LogP contribution in [0.2, 0.25) is 0 Å². The lowest BCUT2D eigenvalue weighted by molar-refractivity contribution is -0.0548. The average Bonchev–Trinajstić information content (AvgIpc) is 3.09. The Bertz CT molecular complexity index is 426. The molecular weight excluding hydrogens is 256 g/mol. The molecule has 0 atom stereocenters. The quantitative estimate of drug-likeness (QED) is 0.897. The zero-order valence-electron chi connectivity index (χ0n) is 11.9. The molecule has 1 aliphatic carbocycles.